The molecule has 5 heteroatoms. The van der Waals surface area contributed by atoms with Crippen molar-refractivity contribution in [3.8, 4) is 0 Å². The molecule has 4 rings (SSSR count). The van der Waals surface area contributed by atoms with Crippen LogP contribution in [0.15, 0.2) is 42.5 Å². The van der Waals surface area contributed by atoms with Crippen molar-refractivity contribution in [2.45, 2.75) is 39.2 Å². The van der Waals surface area contributed by atoms with Crippen LogP contribution in [0.25, 0.3) is 10.9 Å². The average Bonchev–Trinajstić information content (AvgIpc) is 3.28. The van der Waals surface area contributed by atoms with Gasteiger partial charge in [-0.05, 0) is 61.1 Å². The van der Waals surface area contributed by atoms with E-state index in [4.69, 9.17) is 11.6 Å². The van der Waals surface area contributed by atoms with Crippen LogP contribution in [0.3, 0.4) is 0 Å². The third kappa shape index (κ3) is 3.59. The van der Waals surface area contributed by atoms with Gasteiger partial charge in [-0.25, -0.2) is 0 Å². The average molecular weight is 382 g/mol. The maximum atomic E-state index is 13.3. The van der Waals surface area contributed by atoms with Gasteiger partial charge in [0.15, 0.2) is 0 Å². The van der Waals surface area contributed by atoms with Gasteiger partial charge in [-0.1, -0.05) is 37.6 Å². The van der Waals surface area contributed by atoms with Gasteiger partial charge in [0.25, 0.3) is 5.91 Å². The number of amides is 1. The van der Waals surface area contributed by atoms with E-state index in [1.807, 2.05) is 47.4 Å². The number of halogens is 1. The fraction of sp³-hybridized carbons (Fsp3) is 0.364. The lowest BCUT2D eigenvalue weighted by Gasteiger charge is -2.25. The first-order chi connectivity index (χ1) is 13.0. The molecular weight excluding hydrogens is 358 g/mol. The molecule has 2 aromatic carbocycles. The van der Waals surface area contributed by atoms with Gasteiger partial charge < -0.3 is 4.90 Å². The van der Waals surface area contributed by atoms with E-state index < -0.39 is 0 Å². The lowest BCUT2D eigenvalue weighted by Crippen LogP contribution is -2.30. The zero-order chi connectivity index (χ0) is 19.0. The molecular formula is C22H24ClN3O. The molecule has 1 atom stereocenters. The van der Waals surface area contributed by atoms with Crippen LogP contribution in [0, 0.1) is 5.92 Å². The smallest absolute Gasteiger partial charge is 0.254 e. The predicted molar refractivity (Wildman–Crippen MR) is 109 cm³/mol. The third-order valence-corrected chi connectivity index (χ3v) is 5.51. The molecule has 0 bridgehead atoms. The van der Waals surface area contributed by atoms with Gasteiger partial charge in [0.2, 0.25) is 0 Å². The van der Waals surface area contributed by atoms with E-state index in [2.05, 4.69) is 24.0 Å². The Balaban J connectivity index is 1.64. The van der Waals surface area contributed by atoms with E-state index in [0.29, 0.717) is 5.92 Å². The van der Waals surface area contributed by atoms with Crippen LogP contribution >= 0.6 is 11.6 Å². The van der Waals surface area contributed by atoms with E-state index in [9.17, 15) is 4.79 Å². The highest BCUT2D eigenvalue weighted by Gasteiger charge is 2.30. The zero-order valence-corrected chi connectivity index (χ0v) is 16.5. The maximum Gasteiger partial charge on any atom is 0.254 e. The number of carbonyl (C=O) groups is 1. The molecule has 1 aliphatic heterocycles. The summed E-state index contributed by atoms with van der Waals surface area (Å²) in [6, 6.07) is 13.8. The molecule has 1 N–H and O–H groups in total. The van der Waals surface area contributed by atoms with Crippen LogP contribution in [-0.4, -0.2) is 27.5 Å². The Bertz CT molecular complexity index is 961. The Labute approximate surface area is 164 Å². The second-order valence-electron chi connectivity index (χ2n) is 7.74. The summed E-state index contributed by atoms with van der Waals surface area (Å²) >= 11 is 6.02. The van der Waals surface area contributed by atoms with Crippen molar-refractivity contribution in [2.24, 2.45) is 5.92 Å². The minimum Gasteiger partial charge on any atom is -0.332 e. The highest BCUT2D eigenvalue weighted by molar-refractivity contribution is 6.30. The summed E-state index contributed by atoms with van der Waals surface area (Å²) < 4.78 is 0. The van der Waals surface area contributed by atoms with Crippen LogP contribution in [0.1, 0.15) is 54.3 Å². The molecule has 0 saturated carbocycles. The fourth-order valence-electron chi connectivity index (χ4n) is 3.97. The molecule has 0 aliphatic carbocycles. The number of likely N-dealkylation sites (tertiary alicyclic amines) is 1. The minimum atomic E-state index is 0.0889. The summed E-state index contributed by atoms with van der Waals surface area (Å²) in [6.07, 6.45) is 2.93. The zero-order valence-electron chi connectivity index (χ0n) is 15.7. The van der Waals surface area contributed by atoms with Crippen molar-refractivity contribution in [1.82, 2.24) is 15.1 Å². The van der Waals surface area contributed by atoms with Gasteiger partial charge in [-0.3, -0.25) is 9.89 Å². The van der Waals surface area contributed by atoms with Gasteiger partial charge in [0.05, 0.1) is 11.6 Å². The molecule has 27 heavy (non-hydrogen) atoms. The molecule has 1 amide bonds. The first-order valence-electron chi connectivity index (χ1n) is 9.56. The number of rotatable bonds is 4. The largest absolute Gasteiger partial charge is 0.332 e. The van der Waals surface area contributed by atoms with E-state index in [0.717, 1.165) is 58.6 Å². The molecule has 1 aliphatic rings. The number of H-pyrrole nitrogens is 1. The molecule has 1 unspecified atom stereocenters. The van der Waals surface area contributed by atoms with Gasteiger partial charge in [-0.15, -0.1) is 0 Å². The summed E-state index contributed by atoms with van der Waals surface area (Å²) in [5.74, 6) is 0.618. The number of nitrogens with one attached hydrogen (secondary N) is 1. The number of fused-ring (bicyclic) bond motifs is 1. The van der Waals surface area contributed by atoms with Crippen molar-refractivity contribution >= 4 is 28.4 Å². The first kappa shape index (κ1) is 18.1. The number of benzene rings is 2. The summed E-state index contributed by atoms with van der Waals surface area (Å²) in [5, 5.41) is 9.28. The third-order valence-electron chi connectivity index (χ3n) is 5.26. The molecule has 4 nitrogen and oxygen atoms in total. The molecule has 140 valence electrons. The van der Waals surface area contributed by atoms with E-state index in [1.165, 1.54) is 0 Å². The van der Waals surface area contributed by atoms with Crippen molar-refractivity contribution in [1.29, 1.82) is 0 Å². The molecule has 0 radical (unpaired) electrons. The monoisotopic (exact) mass is 381 g/mol. The van der Waals surface area contributed by atoms with Crippen LogP contribution < -0.4 is 0 Å². The van der Waals surface area contributed by atoms with Gasteiger partial charge in [0, 0.05) is 28.2 Å². The standard InChI is InChI=1S/C22H24ClN3O/c1-14(2)12-20-18-13-16(7-10-19(18)24-25-20)22(27)26-11-3-4-21(26)15-5-8-17(23)9-6-15/h5-10,13-14,21H,3-4,11-12H2,1-2H3,(H,24,25). The van der Waals surface area contributed by atoms with Gasteiger partial charge >= 0.3 is 0 Å². The van der Waals surface area contributed by atoms with E-state index >= 15 is 0 Å². The second kappa shape index (κ2) is 7.35. The second-order valence-corrected chi connectivity index (χ2v) is 8.18. The van der Waals surface area contributed by atoms with Gasteiger partial charge in [-0.2, -0.15) is 5.10 Å². The summed E-state index contributed by atoms with van der Waals surface area (Å²) in [4.78, 5) is 15.3. The molecule has 1 saturated heterocycles. The molecule has 1 fully saturated rings. The number of aromatic nitrogens is 2. The normalized spacial score (nSPS) is 17.2. The molecule has 0 spiro atoms. The summed E-state index contributed by atoms with van der Waals surface area (Å²) in [7, 11) is 0. The topological polar surface area (TPSA) is 49.0 Å². The number of nitrogens with zero attached hydrogens (tertiary/aromatic N) is 2. The lowest BCUT2D eigenvalue weighted by molar-refractivity contribution is 0.0736. The Morgan fingerprint density at radius 3 is 2.78 bits per heavy atom. The SMILES string of the molecule is CC(C)Cc1[nH]nc2ccc(C(=O)N3CCCC3c3ccc(Cl)cc3)cc12. The van der Waals surface area contributed by atoms with Crippen LogP contribution in [0.2, 0.25) is 5.02 Å². The molecule has 2 heterocycles. The van der Waals surface area contributed by atoms with E-state index in [1.54, 1.807) is 0 Å². The number of aromatic amines is 1. The van der Waals surface area contributed by atoms with Crippen LogP contribution in [0.4, 0.5) is 0 Å². The minimum absolute atomic E-state index is 0.0889. The highest BCUT2D eigenvalue weighted by Crippen LogP contribution is 2.34. The number of hydrogen-bond donors (Lipinski definition) is 1. The van der Waals surface area contributed by atoms with Crippen molar-refractivity contribution in [3.63, 3.8) is 0 Å². The molecule has 3 aromatic rings. The Hall–Kier alpha value is -2.33. The Morgan fingerprint density at radius 1 is 1.26 bits per heavy atom. The number of carbonyl (C=O) groups excluding carboxylic acids is 1. The first-order valence-corrected chi connectivity index (χ1v) is 9.94. The predicted octanol–water partition coefficient (Wildman–Crippen LogP) is 5.39. The maximum absolute atomic E-state index is 13.3. The lowest BCUT2D eigenvalue weighted by atomic mass is 10.0. The quantitative estimate of drug-likeness (QED) is 0.658. The number of hydrogen-bond acceptors (Lipinski definition) is 2. The fourth-order valence-corrected chi connectivity index (χ4v) is 4.09. The Morgan fingerprint density at radius 2 is 2.04 bits per heavy atom. The summed E-state index contributed by atoms with van der Waals surface area (Å²) in [5.41, 5.74) is 3.90. The van der Waals surface area contributed by atoms with Crippen molar-refractivity contribution in [3.05, 3.63) is 64.3 Å². The van der Waals surface area contributed by atoms with Crippen molar-refractivity contribution in [2.75, 3.05) is 6.54 Å². The highest BCUT2D eigenvalue weighted by atomic mass is 35.5. The van der Waals surface area contributed by atoms with E-state index in [-0.39, 0.29) is 11.9 Å². The molecule has 1 aromatic heterocycles. The van der Waals surface area contributed by atoms with Gasteiger partial charge in [0.1, 0.15) is 0 Å². The van der Waals surface area contributed by atoms with Crippen LogP contribution in [0.5, 0.6) is 0 Å². The summed E-state index contributed by atoms with van der Waals surface area (Å²) in [6.45, 7) is 5.15. The Kier molecular flexibility index (Phi) is 4.92. The van der Waals surface area contributed by atoms with Crippen molar-refractivity contribution < 1.29 is 4.79 Å². The van der Waals surface area contributed by atoms with Crippen LogP contribution in [-0.2, 0) is 6.42 Å².